The first kappa shape index (κ1) is 15.2. The van der Waals surface area contributed by atoms with Gasteiger partial charge in [-0.1, -0.05) is 37.6 Å². The molecule has 0 aliphatic carbocycles. The minimum Gasteiger partial charge on any atom is -0.309 e. The lowest BCUT2D eigenvalue weighted by molar-refractivity contribution is -0.123. The molecule has 0 aromatic heterocycles. The van der Waals surface area contributed by atoms with E-state index in [2.05, 4.69) is 4.90 Å². The van der Waals surface area contributed by atoms with Gasteiger partial charge in [-0.2, -0.15) is 0 Å². The highest BCUT2D eigenvalue weighted by atomic mass is 35.5. The molecule has 2 nitrogen and oxygen atoms in total. The first-order valence-electron chi connectivity index (χ1n) is 6.35. The molecule has 100 valence electrons. The van der Waals surface area contributed by atoms with Crippen molar-refractivity contribution >= 4 is 17.4 Å². The van der Waals surface area contributed by atoms with Crippen LogP contribution in [0.15, 0.2) is 24.3 Å². The van der Waals surface area contributed by atoms with Gasteiger partial charge in [0.25, 0.3) is 0 Å². The lowest BCUT2D eigenvalue weighted by Crippen LogP contribution is -2.23. The minimum atomic E-state index is -0.0235. The summed E-state index contributed by atoms with van der Waals surface area (Å²) in [5.41, 5.74) is 1.07. The molecule has 0 N–H and O–H groups in total. The smallest absolute Gasteiger partial charge is 0.142 e. The van der Waals surface area contributed by atoms with E-state index in [4.69, 9.17) is 11.6 Å². The van der Waals surface area contributed by atoms with Crippen LogP contribution in [0.2, 0.25) is 5.02 Å². The first-order valence-corrected chi connectivity index (χ1v) is 6.73. The normalized spacial score (nSPS) is 13.1. The number of nitrogens with zero attached hydrogens (tertiary/aromatic N) is 1. The summed E-state index contributed by atoms with van der Waals surface area (Å²) in [6.07, 6.45) is 0.853. The van der Waals surface area contributed by atoms with Crippen molar-refractivity contribution in [1.82, 2.24) is 4.90 Å². The van der Waals surface area contributed by atoms with Gasteiger partial charge in [0.05, 0.1) is 0 Å². The molecule has 0 saturated carbocycles. The number of ketones is 1. The lowest BCUT2D eigenvalue weighted by Gasteiger charge is -2.20. The lowest BCUT2D eigenvalue weighted by atomic mass is 9.86. The van der Waals surface area contributed by atoms with Gasteiger partial charge < -0.3 is 4.90 Å². The van der Waals surface area contributed by atoms with Gasteiger partial charge in [0.15, 0.2) is 0 Å². The Morgan fingerprint density at radius 2 is 1.78 bits per heavy atom. The summed E-state index contributed by atoms with van der Waals surface area (Å²) in [6.45, 7) is 4.83. The molecule has 0 saturated heterocycles. The molecule has 1 atom stereocenters. The van der Waals surface area contributed by atoms with E-state index in [-0.39, 0.29) is 11.8 Å². The summed E-state index contributed by atoms with van der Waals surface area (Å²) in [7, 11) is 4.05. The number of hydrogen-bond acceptors (Lipinski definition) is 2. The molecular weight excluding hydrogens is 246 g/mol. The van der Waals surface area contributed by atoms with Crippen LogP contribution in [0.3, 0.4) is 0 Å². The van der Waals surface area contributed by atoms with E-state index < -0.39 is 0 Å². The third-order valence-electron chi connectivity index (χ3n) is 3.05. The molecule has 0 fully saturated rings. The number of Topliss-reactive ketones (excluding diaryl/α,β-unsaturated/α-hetero) is 1. The molecule has 0 unspecified atom stereocenters. The zero-order valence-electron chi connectivity index (χ0n) is 11.6. The number of carbonyl (C=O) groups is 1. The second-order valence-electron chi connectivity index (χ2n) is 5.25. The van der Waals surface area contributed by atoms with E-state index in [0.717, 1.165) is 18.5 Å². The number of halogens is 1. The van der Waals surface area contributed by atoms with E-state index in [9.17, 15) is 4.79 Å². The van der Waals surface area contributed by atoms with Gasteiger partial charge in [-0.05, 0) is 44.8 Å². The van der Waals surface area contributed by atoms with E-state index >= 15 is 0 Å². The zero-order chi connectivity index (χ0) is 13.7. The van der Waals surface area contributed by atoms with Gasteiger partial charge >= 0.3 is 0 Å². The minimum absolute atomic E-state index is 0.0235. The van der Waals surface area contributed by atoms with Gasteiger partial charge in [0.1, 0.15) is 5.78 Å². The predicted octanol–water partition coefficient (Wildman–Crippen LogP) is 3.60. The van der Waals surface area contributed by atoms with Gasteiger partial charge in [-0.15, -0.1) is 0 Å². The van der Waals surface area contributed by atoms with Gasteiger partial charge in [-0.25, -0.2) is 0 Å². The van der Waals surface area contributed by atoms with Crippen LogP contribution in [0, 0.1) is 5.92 Å². The predicted molar refractivity (Wildman–Crippen MR) is 77.2 cm³/mol. The van der Waals surface area contributed by atoms with Crippen molar-refractivity contribution in [3.63, 3.8) is 0 Å². The third-order valence-corrected chi connectivity index (χ3v) is 3.30. The van der Waals surface area contributed by atoms with Crippen molar-refractivity contribution < 1.29 is 4.79 Å². The van der Waals surface area contributed by atoms with Gasteiger partial charge in [0, 0.05) is 16.9 Å². The highest BCUT2D eigenvalue weighted by Gasteiger charge is 2.22. The van der Waals surface area contributed by atoms with Crippen LogP contribution >= 0.6 is 11.6 Å². The fourth-order valence-electron chi connectivity index (χ4n) is 1.96. The average molecular weight is 268 g/mol. The third kappa shape index (κ3) is 4.43. The van der Waals surface area contributed by atoms with Crippen molar-refractivity contribution in [2.45, 2.75) is 26.2 Å². The molecule has 1 rings (SSSR count). The summed E-state index contributed by atoms with van der Waals surface area (Å²) in [5.74, 6) is 0.344. The fourth-order valence-corrected chi connectivity index (χ4v) is 2.08. The molecule has 1 aromatic carbocycles. The van der Waals surface area contributed by atoms with E-state index in [1.54, 1.807) is 0 Å². The van der Waals surface area contributed by atoms with E-state index in [0.29, 0.717) is 10.8 Å². The van der Waals surface area contributed by atoms with Crippen LogP contribution < -0.4 is 0 Å². The Balaban J connectivity index is 2.89. The Kier molecular flexibility index (Phi) is 5.83. The highest BCUT2D eigenvalue weighted by Crippen LogP contribution is 2.25. The second kappa shape index (κ2) is 6.91. The van der Waals surface area contributed by atoms with Gasteiger partial charge in [-0.3, -0.25) is 4.79 Å². The maximum atomic E-state index is 12.3. The standard InChI is InChI=1S/C15H22ClNO/c1-11(2)15(18)14(9-10-17(3)4)12-5-7-13(16)8-6-12/h5-8,11,14H,9-10H2,1-4H3/t14-/m1/s1. The van der Waals surface area contributed by atoms with E-state index in [1.807, 2.05) is 52.2 Å². The molecule has 1 aromatic rings. The maximum absolute atomic E-state index is 12.3. The van der Waals surface area contributed by atoms with Crippen LogP contribution in [-0.2, 0) is 4.79 Å². The molecule has 0 spiro atoms. The summed E-state index contributed by atoms with van der Waals surface area (Å²) in [4.78, 5) is 14.4. The van der Waals surface area contributed by atoms with Crippen LogP contribution in [0.1, 0.15) is 31.7 Å². The Bertz CT molecular complexity index is 384. The van der Waals surface area contributed by atoms with Gasteiger partial charge in [0.2, 0.25) is 0 Å². The van der Waals surface area contributed by atoms with Crippen LogP contribution in [0.4, 0.5) is 0 Å². The van der Waals surface area contributed by atoms with Crippen molar-refractivity contribution in [1.29, 1.82) is 0 Å². The number of carbonyl (C=O) groups excluding carboxylic acids is 1. The average Bonchev–Trinajstić information content (AvgIpc) is 2.30. The first-order chi connectivity index (χ1) is 8.41. The Morgan fingerprint density at radius 3 is 2.22 bits per heavy atom. The van der Waals surface area contributed by atoms with Crippen molar-refractivity contribution in [3.8, 4) is 0 Å². The molecule has 0 aliphatic heterocycles. The van der Waals surface area contributed by atoms with Crippen LogP contribution in [0.5, 0.6) is 0 Å². The molecule has 0 amide bonds. The quantitative estimate of drug-likeness (QED) is 0.785. The molecular formula is C15H22ClNO. The molecule has 0 aliphatic rings. The fraction of sp³-hybridized carbons (Fsp3) is 0.533. The Labute approximate surface area is 115 Å². The molecule has 3 heteroatoms. The highest BCUT2D eigenvalue weighted by molar-refractivity contribution is 6.30. The van der Waals surface area contributed by atoms with Crippen molar-refractivity contribution in [2.24, 2.45) is 5.92 Å². The van der Waals surface area contributed by atoms with E-state index in [1.165, 1.54) is 0 Å². The van der Waals surface area contributed by atoms with Crippen molar-refractivity contribution in [3.05, 3.63) is 34.9 Å². The second-order valence-corrected chi connectivity index (χ2v) is 5.69. The van der Waals surface area contributed by atoms with Crippen LogP contribution in [0.25, 0.3) is 0 Å². The Morgan fingerprint density at radius 1 is 1.22 bits per heavy atom. The summed E-state index contributed by atoms with van der Waals surface area (Å²) < 4.78 is 0. The largest absolute Gasteiger partial charge is 0.309 e. The SMILES string of the molecule is CC(C)C(=O)[C@H](CCN(C)C)c1ccc(Cl)cc1. The van der Waals surface area contributed by atoms with Crippen LogP contribution in [-0.4, -0.2) is 31.3 Å². The summed E-state index contributed by atoms with van der Waals surface area (Å²) in [5, 5.41) is 0.710. The van der Waals surface area contributed by atoms with Crippen molar-refractivity contribution in [2.75, 3.05) is 20.6 Å². The number of rotatable bonds is 6. The number of hydrogen-bond donors (Lipinski definition) is 0. The summed E-state index contributed by atoms with van der Waals surface area (Å²) >= 11 is 5.89. The number of benzene rings is 1. The molecule has 0 heterocycles. The monoisotopic (exact) mass is 267 g/mol. The maximum Gasteiger partial charge on any atom is 0.142 e. The molecule has 0 radical (unpaired) electrons. The Hall–Kier alpha value is -0.860. The molecule has 0 bridgehead atoms. The zero-order valence-corrected chi connectivity index (χ0v) is 12.4. The molecule has 18 heavy (non-hydrogen) atoms. The topological polar surface area (TPSA) is 20.3 Å². The summed E-state index contributed by atoms with van der Waals surface area (Å²) in [6, 6.07) is 7.63.